The molecule has 0 atom stereocenters. The van der Waals surface area contributed by atoms with Crippen molar-refractivity contribution < 1.29 is 24.1 Å². The molecule has 1 heterocycles. The van der Waals surface area contributed by atoms with Crippen molar-refractivity contribution in [2.24, 2.45) is 16.1 Å². The number of hydrogen-bond acceptors (Lipinski definition) is 6. The summed E-state index contributed by atoms with van der Waals surface area (Å²) in [5, 5.41) is 19.2. The molecule has 0 bridgehead atoms. The zero-order valence-corrected chi connectivity index (χ0v) is 18.2. The van der Waals surface area contributed by atoms with E-state index in [1.54, 1.807) is 49.1 Å². The number of fused-ring (bicyclic) bond motifs is 1. The zero-order chi connectivity index (χ0) is 22.4. The fourth-order valence-corrected chi connectivity index (χ4v) is 3.09. The minimum Gasteiger partial charge on any atom is -0.497 e. The second-order valence-corrected chi connectivity index (χ2v) is 7.45. The van der Waals surface area contributed by atoms with Crippen LogP contribution in [0.1, 0.15) is 20.3 Å². The Balaban J connectivity index is 1.80. The molecule has 0 saturated heterocycles. The Hall–Kier alpha value is -3.55. The largest absolute Gasteiger partial charge is 0.497 e. The average Bonchev–Trinajstić information content (AvgIpc) is 3.04. The number of aryl methyl sites for hydroxylation is 1. The molecule has 1 aromatic heterocycles. The van der Waals surface area contributed by atoms with E-state index in [1.165, 1.54) is 0 Å². The summed E-state index contributed by atoms with van der Waals surface area (Å²) in [6.07, 6.45) is 0.884. The molecule has 2 aromatic carbocycles. The van der Waals surface area contributed by atoms with Crippen LogP contribution < -0.4 is 14.2 Å². The number of benzene rings is 2. The van der Waals surface area contributed by atoms with Crippen molar-refractivity contribution in [3.8, 4) is 23.1 Å². The van der Waals surface area contributed by atoms with Crippen molar-refractivity contribution in [3.63, 3.8) is 0 Å². The minimum atomic E-state index is -0.568. The van der Waals surface area contributed by atoms with Crippen LogP contribution in [-0.4, -0.2) is 36.4 Å². The average molecular weight is 425 g/mol. The Kier molecular flexibility index (Phi) is 7.12. The van der Waals surface area contributed by atoms with Crippen LogP contribution in [0.15, 0.2) is 52.7 Å². The smallest absolute Gasteiger partial charge is 0.302 e. The van der Waals surface area contributed by atoms with E-state index >= 15 is 0 Å². The fraction of sp³-hybridized carbons (Fsp3) is 0.348. The normalized spacial score (nSPS) is 11.4. The predicted molar refractivity (Wildman–Crippen MR) is 118 cm³/mol. The van der Waals surface area contributed by atoms with Gasteiger partial charge in [-0.2, -0.15) is 0 Å². The first-order valence-electron chi connectivity index (χ1n) is 10.0. The monoisotopic (exact) mass is 425 g/mol. The highest BCUT2D eigenvalue weighted by Gasteiger charge is 2.18. The van der Waals surface area contributed by atoms with Crippen LogP contribution in [0.3, 0.4) is 0 Å². The number of amides is 1. The molecule has 1 amide bonds. The first-order chi connectivity index (χ1) is 14.9. The molecular weight excluding hydrogens is 398 g/mol. The highest BCUT2D eigenvalue weighted by Crippen LogP contribution is 2.40. The van der Waals surface area contributed by atoms with Crippen molar-refractivity contribution in [2.75, 3.05) is 20.8 Å². The number of aromatic hydroxyl groups is 1. The van der Waals surface area contributed by atoms with Crippen LogP contribution in [0.2, 0.25) is 0 Å². The lowest BCUT2D eigenvalue weighted by atomic mass is 10.1. The van der Waals surface area contributed by atoms with E-state index < -0.39 is 5.91 Å². The third-order valence-electron chi connectivity index (χ3n) is 4.83. The van der Waals surface area contributed by atoms with Crippen LogP contribution in [-0.2, 0) is 11.3 Å². The van der Waals surface area contributed by atoms with Gasteiger partial charge >= 0.3 is 5.91 Å². The third-order valence-corrected chi connectivity index (χ3v) is 4.83. The summed E-state index contributed by atoms with van der Waals surface area (Å²) in [4.78, 5) is 12.2. The molecule has 0 aliphatic heterocycles. The number of ether oxygens (including phenoxy) is 3. The summed E-state index contributed by atoms with van der Waals surface area (Å²) >= 11 is 0. The summed E-state index contributed by atoms with van der Waals surface area (Å²) in [6, 6.07) is 12.3. The van der Waals surface area contributed by atoms with E-state index in [0.29, 0.717) is 35.1 Å². The Morgan fingerprint density at radius 1 is 1.03 bits per heavy atom. The van der Waals surface area contributed by atoms with Crippen LogP contribution in [0.25, 0.3) is 10.9 Å². The lowest BCUT2D eigenvalue weighted by molar-refractivity contribution is -0.120. The molecule has 0 radical (unpaired) electrons. The van der Waals surface area contributed by atoms with Crippen LogP contribution in [0.4, 0.5) is 5.69 Å². The van der Waals surface area contributed by atoms with E-state index in [4.69, 9.17) is 14.2 Å². The lowest BCUT2D eigenvalue weighted by Gasteiger charge is -2.09. The topological polar surface area (TPSA) is 94.6 Å². The predicted octanol–water partition coefficient (Wildman–Crippen LogP) is 5.10. The van der Waals surface area contributed by atoms with E-state index in [0.717, 1.165) is 11.9 Å². The number of carbonyl (C=O) groups excluding carboxylic acids is 1. The van der Waals surface area contributed by atoms with Gasteiger partial charge in [-0.25, -0.2) is 0 Å². The fourth-order valence-electron chi connectivity index (χ4n) is 3.09. The van der Waals surface area contributed by atoms with E-state index in [2.05, 4.69) is 24.1 Å². The molecule has 8 nitrogen and oxygen atoms in total. The van der Waals surface area contributed by atoms with Gasteiger partial charge in [0.1, 0.15) is 17.2 Å². The molecule has 31 heavy (non-hydrogen) atoms. The molecule has 3 rings (SSSR count). The summed E-state index contributed by atoms with van der Waals surface area (Å²) in [6.45, 7) is 4.59. The van der Waals surface area contributed by atoms with Crippen molar-refractivity contribution in [1.82, 2.24) is 4.57 Å². The molecule has 0 fully saturated rings. The maximum Gasteiger partial charge on any atom is 0.302 e. The number of rotatable bonds is 9. The summed E-state index contributed by atoms with van der Waals surface area (Å²) in [5.74, 6) is 1.70. The van der Waals surface area contributed by atoms with Crippen LogP contribution in [0.5, 0.6) is 23.1 Å². The van der Waals surface area contributed by atoms with Gasteiger partial charge in [0.25, 0.3) is 0 Å². The Labute approximate surface area is 181 Å². The molecular formula is C23H27N3O5. The van der Waals surface area contributed by atoms with E-state index in [9.17, 15) is 9.90 Å². The van der Waals surface area contributed by atoms with Crippen molar-refractivity contribution in [1.29, 1.82) is 0 Å². The van der Waals surface area contributed by atoms with Crippen LogP contribution in [0, 0.1) is 5.92 Å². The Bertz CT molecular complexity index is 1070. The van der Waals surface area contributed by atoms with Gasteiger partial charge in [0.15, 0.2) is 12.3 Å². The van der Waals surface area contributed by atoms with Crippen LogP contribution >= 0.6 is 0 Å². The van der Waals surface area contributed by atoms with Gasteiger partial charge in [-0.3, -0.25) is 4.79 Å². The summed E-state index contributed by atoms with van der Waals surface area (Å²) in [5.41, 5.74) is 1.03. The second kappa shape index (κ2) is 9.97. The highest BCUT2D eigenvalue weighted by atomic mass is 16.5. The number of nitrogens with zero attached hydrogens (tertiary/aromatic N) is 3. The van der Waals surface area contributed by atoms with E-state index in [-0.39, 0.29) is 18.2 Å². The van der Waals surface area contributed by atoms with Crippen molar-refractivity contribution >= 4 is 22.5 Å². The quantitative estimate of drug-likeness (QED) is 0.481. The maximum atomic E-state index is 12.2. The van der Waals surface area contributed by atoms with Gasteiger partial charge in [0.2, 0.25) is 5.88 Å². The highest BCUT2D eigenvalue weighted by molar-refractivity contribution is 5.96. The Morgan fingerprint density at radius 2 is 1.68 bits per heavy atom. The lowest BCUT2D eigenvalue weighted by Crippen LogP contribution is -2.07. The molecule has 3 aromatic rings. The number of azo groups is 1. The SMILES string of the molecule is COc1ccc(OCC(=O)N=Nc2c(O)n(CCC(C)C)c3ccc(OC)cc23)cc1. The van der Waals surface area contributed by atoms with Gasteiger partial charge in [-0.05, 0) is 54.8 Å². The first kappa shape index (κ1) is 22.1. The van der Waals surface area contributed by atoms with Gasteiger partial charge in [-0.1, -0.05) is 13.8 Å². The molecule has 0 unspecified atom stereocenters. The minimum absolute atomic E-state index is 0.0310. The molecule has 0 saturated carbocycles. The number of methoxy groups -OCH3 is 2. The number of carbonyl (C=O) groups is 1. The van der Waals surface area contributed by atoms with Gasteiger partial charge in [0.05, 0.1) is 19.7 Å². The second-order valence-electron chi connectivity index (χ2n) is 7.45. The molecule has 0 spiro atoms. The maximum absolute atomic E-state index is 12.2. The third kappa shape index (κ3) is 5.33. The van der Waals surface area contributed by atoms with E-state index in [1.807, 2.05) is 12.1 Å². The number of hydrogen-bond donors (Lipinski definition) is 1. The molecule has 0 aliphatic carbocycles. The zero-order valence-electron chi connectivity index (χ0n) is 18.2. The molecule has 164 valence electrons. The van der Waals surface area contributed by atoms with Gasteiger partial charge in [-0.15, -0.1) is 10.2 Å². The van der Waals surface area contributed by atoms with Gasteiger partial charge < -0.3 is 23.9 Å². The Morgan fingerprint density at radius 3 is 2.32 bits per heavy atom. The summed E-state index contributed by atoms with van der Waals surface area (Å²) in [7, 11) is 3.14. The first-order valence-corrected chi connectivity index (χ1v) is 10.0. The molecule has 1 N–H and O–H groups in total. The van der Waals surface area contributed by atoms with Crippen molar-refractivity contribution in [2.45, 2.75) is 26.8 Å². The van der Waals surface area contributed by atoms with Crippen molar-refractivity contribution in [3.05, 3.63) is 42.5 Å². The standard InChI is InChI=1S/C23H27N3O5/c1-15(2)11-12-26-20-10-9-18(30-4)13-19(20)22(23(26)28)25-24-21(27)14-31-17-7-5-16(29-3)6-8-17/h5-10,13,15,28H,11-12,14H2,1-4H3. The molecule has 0 aliphatic rings. The summed E-state index contributed by atoms with van der Waals surface area (Å²) < 4.78 is 17.6. The van der Waals surface area contributed by atoms with Gasteiger partial charge in [0, 0.05) is 11.9 Å². The molecule has 8 heteroatoms. The number of aromatic nitrogens is 1.